The van der Waals surface area contributed by atoms with E-state index in [0.717, 1.165) is 13.0 Å². The Morgan fingerprint density at radius 1 is 1.04 bits per heavy atom. The second kappa shape index (κ2) is 12.4. The van der Waals surface area contributed by atoms with Gasteiger partial charge in [0.2, 0.25) is 0 Å². The summed E-state index contributed by atoms with van der Waals surface area (Å²) in [5.41, 5.74) is -0.0543. The molecule has 0 aromatic carbocycles. The molecule has 0 aromatic rings. The maximum Gasteiger partial charge on any atom is 0.0487 e. The van der Waals surface area contributed by atoms with Gasteiger partial charge in [-0.2, -0.15) is 0 Å². The average molecular weight is 318 g/mol. The van der Waals surface area contributed by atoms with Crippen molar-refractivity contribution < 1.29 is 0 Å². The molecular weight excluding hydrogens is 278 g/mol. The highest BCUT2D eigenvalue weighted by Crippen LogP contribution is 2.44. The Hall–Kier alpha value is -0.990. The van der Waals surface area contributed by atoms with E-state index >= 15 is 0 Å². The third-order valence-electron chi connectivity index (χ3n) is 5.62. The van der Waals surface area contributed by atoms with Gasteiger partial charge in [-0.15, -0.1) is 6.42 Å². The summed E-state index contributed by atoms with van der Waals surface area (Å²) >= 11 is 0. The molecular formula is C22H39N. The standard InChI is InChI=1S/C22H39N/c1-8-12-14-16-20(15-13-9-2)21(17-18-23-11-4)22(7,10-3)19(5)6/h3,19-21H,4,8-9,12-18H2,1-2,5-7H3/t20?,21-,22?/m1/s1. The average Bonchev–Trinajstić information content (AvgIpc) is 2.54. The Morgan fingerprint density at radius 2 is 1.65 bits per heavy atom. The summed E-state index contributed by atoms with van der Waals surface area (Å²) in [6, 6.07) is 0. The van der Waals surface area contributed by atoms with Crippen LogP contribution in [0.15, 0.2) is 11.6 Å². The van der Waals surface area contributed by atoms with Crippen LogP contribution in [0.4, 0.5) is 0 Å². The van der Waals surface area contributed by atoms with Crippen molar-refractivity contribution in [1.82, 2.24) is 0 Å². The minimum Gasteiger partial charge on any atom is -0.244 e. The lowest BCUT2D eigenvalue weighted by Crippen LogP contribution is -2.37. The molecule has 0 amide bonds. The first kappa shape index (κ1) is 22.0. The van der Waals surface area contributed by atoms with Gasteiger partial charge >= 0.3 is 0 Å². The van der Waals surface area contributed by atoms with E-state index in [1.807, 2.05) is 0 Å². The molecule has 0 saturated heterocycles. The molecule has 0 saturated carbocycles. The smallest absolute Gasteiger partial charge is 0.0487 e. The van der Waals surface area contributed by atoms with Crippen LogP contribution in [0.2, 0.25) is 0 Å². The van der Waals surface area contributed by atoms with Crippen molar-refractivity contribution in [2.45, 2.75) is 86.0 Å². The van der Waals surface area contributed by atoms with Gasteiger partial charge in [0.15, 0.2) is 0 Å². The normalized spacial score (nSPS) is 16.2. The summed E-state index contributed by atoms with van der Waals surface area (Å²) in [7, 11) is 0. The van der Waals surface area contributed by atoms with E-state index in [1.54, 1.807) is 0 Å². The highest BCUT2D eigenvalue weighted by atomic mass is 14.7. The van der Waals surface area contributed by atoms with Crippen molar-refractivity contribution in [3.8, 4) is 12.3 Å². The quantitative estimate of drug-likeness (QED) is 0.208. The SMILES string of the molecule is C#CC(C)(C(C)C)[C@H](CCN=C=C)C(CCCC)CCCCC. The maximum absolute atomic E-state index is 6.03. The Balaban J connectivity index is 5.33. The number of hydrogen-bond donors (Lipinski definition) is 0. The number of aliphatic imine (C=N–C) groups is 1. The van der Waals surface area contributed by atoms with Gasteiger partial charge in [0.1, 0.15) is 0 Å². The van der Waals surface area contributed by atoms with Gasteiger partial charge in [-0.3, -0.25) is 0 Å². The fourth-order valence-corrected chi connectivity index (χ4v) is 3.68. The number of terminal acetylenes is 1. The molecule has 0 N–H and O–H groups in total. The number of hydrogen-bond acceptors (Lipinski definition) is 1. The van der Waals surface area contributed by atoms with Gasteiger partial charge in [0.05, 0.1) is 0 Å². The molecule has 0 aliphatic carbocycles. The molecule has 0 spiro atoms. The molecule has 0 bridgehead atoms. The van der Waals surface area contributed by atoms with Gasteiger partial charge in [0, 0.05) is 12.0 Å². The van der Waals surface area contributed by atoms with Crippen LogP contribution in [0.1, 0.15) is 86.0 Å². The summed E-state index contributed by atoms with van der Waals surface area (Å²) < 4.78 is 0. The van der Waals surface area contributed by atoms with E-state index < -0.39 is 0 Å². The van der Waals surface area contributed by atoms with Crippen molar-refractivity contribution in [3.05, 3.63) is 6.58 Å². The summed E-state index contributed by atoms with van der Waals surface area (Å²) in [5, 5.41) is 0. The van der Waals surface area contributed by atoms with E-state index in [1.165, 1.54) is 44.9 Å². The Kier molecular flexibility index (Phi) is 11.9. The second-order valence-electron chi connectivity index (χ2n) is 7.41. The molecule has 23 heavy (non-hydrogen) atoms. The molecule has 2 unspecified atom stereocenters. The summed E-state index contributed by atoms with van der Waals surface area (Å²) in [6.07, 6.45) is 16.2. The van der Waals surface area contributed by atoms with E-state index in [2.05, 4.69) is 58.0 Å². The van der Waals surface area contributed by atoms with Gasteiger partial charge in [-0.05, 0) is 43.5 Å². The predicted octanol–water partition coefficient (Wildman–Crippen LogP) is 6.53. The van der Waals surface area contributed by atoms with Crippen LogP contribution in [0.3, 0.4) is 0 Å². The Bertz CT molecular complexity index is 383. The van der Waals surface area contributed by atoms with E-state index in [0.29, 0.717) is 17.8 Å². The molecule has 1 nitrogen and oxygen atoms in total. The Labute approximate surface area is 146 Å². The van der Waals surface area contributed by atoms with Crippen LogP contribution in [0.25, 0.3) is 0 Å². The predicted molar refractivity (Wildman–Crippen MR) is 105 cm³/mol. The zero-order valence-corrected chi connectivity index (χ0v) is 16.3. The minimum atomic E-state index is -0.0543. The molecule has 132 valence electrons. The number of nitrogens with zero attached hydrogens (tertiary/aromatic N) is 1. The summed E-state index contributed by atoms with van der Waals surface area (Å²) in [6.45, 7) is 15.8. The van der Waals surface area contributed by atoms with Gasteiger partial charge in [-0.1, -0.05) is 78.6 Å². The monoisotopic (exact) mass is 317 g/mol. The van der Waals surface area contributed by atoms with Crippen LogP contribution in [0.5, 0.6) is 0 Å². The minimum absolute atomic E-state index is 0.0543. The fraction of sp³-hybridized carbons (Fsp3) is 0.818. The third kappa shape index (κ3) is 7.41. The van der Waals surface area contributed by atoms with Crippen molar-refractivity contribution in [2.75, 3.05) is 6.54 Å². The van der Waals surface area contributed by atoms with Crippen LogP contribution in [0, 0.1) is 35.5 Å². The second-order valence-corrected chi connectivity index (χ2v) is 7.41. The lowest BCUT2D eigenvalue weighted by Gasteiger charge is -2.42. The van der Waals surface area contributed by atoms with Crippen LogP contribution < -0.4 is 0 Å². The zero-order valence-electron chi connectivity index (χ0n) is 16.3. The molecule has 1 heteroatoms. The lowest BCUT2D eigenvalue weighted by atomic mass is 9.62. The Morgan fingerprint density at radius 3 is 2.13 bits per heavy atom. The first-order chi connectivity index (χ1) is 11.0. The summed E-state index contributed by atoms with van der Waals surface area (Å²) in [5.74, 6) is 7.59. The number of rotatable bonds is 13. The van der Waals surface area contributed by atoms with Crippen LogP contribution in [-0.4, -0.2) is 12.4 Å². The topological polar surface area (TPSA) is 12.4 Å². The number of unbranched alkanes of at least 4 members (excludes halogenated alkanes) is 3. The first-order valence-corrected chi connectivity index (χ1v) is 9.64. The van der Waals surface area contributed by atoms with E-state index in [-0.39, 0.29) is 5.41 Å². The third-order valence-corrected chi connectivity index (χ3v) is 5.62. The van der Waals surface area contributed by atoms with Crippen molar-refractivity contribution >= 4 is 5.87 Å². The summed E-state index contributed by atoms with van der Waals surface area (Å²) in [4.78, 5) is 4.25. The maximum atomic E-state index is 6.03. The van der Waals surface area contributed by atoms with E-state index in [9.17, 15) is 0 Å². The molecule has 0 aliphatic rings. The van der Waals surface area contributed by atoms with Gasteiger partial charge < -0.3 is 0 Å². The first-order valence-electron chi connectivity index (χ1n) is 9.64. The highest BCUT2D eigenvalue weighted by Gasteiger charge is 2.39. The van der Waals surface area contributed by atoms with Gasteiger partial charge in [0.25, 0.3) is 0 Å². The molecule has 0 fully saturated rings. The molecule has 0 rings (SSSR count). The molecule has 0 aromatic heterocycles. The lowest BCUT2D eigenvalue weighted by molar-refractivity contribution is 0.104. The molecule has 0 heterocycles. The van der Waals surface area contributed by atoms with E-state index in [4.69, 9.17) is 6.42 Å². The molecule has 3 atom stereocenters. The molecule has 0 radical (unpaired) electrons. The van der Waals surface area contributed by atoms with Crippen LogP contribution in [-0.2, 0) is 0 Å². The highest BCUT2D eigenvalue weighted by molar-refractivity contribution is 5.46. The van der Waals surface area contributed by atoms with Crippen LogP contribution >= 0.6 is 0 Å². The zero-order chi connectivity index (χ0) is 17.7. The van der Waals surface area contributed by atoms with Crippen molar-refractivity contribution in [3.63, 3.8) is 0 Å². The molecule has 0 aliphatic heterocycles. The largest absolute Gasteiger partial charge is 0.244 e. The fourth-order valence-electron chi connectivity index (χ4n) is 3.68. The van der Waals surface area contributed by atoms with Crippen molar-refractivity contribution in [2.24, 2.45) is 28.2 Å². The van der Waals surface area contributed by atoms with Crippen molar-refractivity contribution in [1.29, 1.82) is 0 Å². The van der Waals surface area contributed by atoms with Gasteiger partial charge in [-0.25, -0.2) is 4.99 Å².